The van der Waals surface area contributed by atoms with Gasteiger partial charge in [0, 0.05) is 6.07 Å². The number of nitrogens with two attached hydrogens (primary N) is 1. The molecule has 0 radical (unpaired) electrons. The summed E-state index contributed by atoms with van der Waals surface area (Å²) in [5.74, 6) is -1.76. The Morgan fingerprint density at radius 1 is 1.53 bits per heavy atom. The molecule has 0 amide bonds. The van der Waals surface area contributed by atoms with Crippen molar-refractivity contribution in [1.29, 1.82) is 0 Å². The second kappa shape index (κ2) is 4.79. The molecule has 0 aromatic heterocycles. The molecule has 82 valence electrons. The molecule has 1 aromatic rings. The minimum absolute atomic E-state index is 0.0929. The lowest BCUT2D eigenvalue weighted by Gasteiger charge is -2.08. The summed E-state index contributed by atoms with van der Waals surface area (Å²) in [4.78, 5) is 0. The Balaban J connectivity index is 2.86. The summed E-state index contributed by atoms with van der Waals surface area (Å²) in [5.41, 5.74) is 5.06. The van der Waals surface area contributed by atoms with Crippen LogP contribution in [0.2, 0.25) is 5.02 Å². The average molecular weight is 236 g/mol. The molecule has 0 aliphatic carbocycles. The lowest BCUT2D eigenvalue weighted by atomic mass is 10.3. The number of hydrogen-bond acceptors (Lipinski definition) is 3. The highest BCUT2D eigenvalue weighted by Gasteiger charge is 2.09. The van der Waals surface area contributed by atoms with Crippen LogP contribution in [-0.2, 0) is 0 Å². The Hall–Kier alpha value is -1.56. The molecule has 4 nitrogen and oxygen atoms in total. The van der Waals surface area contributed by atoms with Gasteiger partial charge in [0.2, 0.25) is 0 Å². The normalized spacial score (nSPS) is 11.5. The van der Waals surface area contributed by atoms with Crippen LogP contribution in [0.3, 0.4) is 0 Å². The number of rotatable bonds is 3. The van der Waals surface area contributed by atoms with Crippen LogP contribution in [-0.4, -0.2) is 17.6 Å². The maximum atomic E-state index is 13.1. The highest BCUT2D eigenvalue weighted by Crippen LogP contribution is 2.25. The van der Waals surface area contributed by atoms with Crippen molar-refractivity contribution < 1.29 is 14.0 Å². The standard InChI is InChI=1S/C8H8ClF2N3O/c9-5-1-4(10)2-6(11)8(5)13-3-7(12)14-15/h1-2,13,15H,3H2,(H2,12,14). The van der Waals surface area contributed by atoms with Gasteiger partial charge in [-0.2, -0.15) is 0 Å². The summed E-state index contributed by atoms with van der Waals surface area (Å²) in [7, 11) is 0. The number of halogens is 3. The molecule has 0 aliphatic rings. The van der Waals surface area contributed by atoms with Crippen molar-refractivity contribution in [2.45, 2.75) is 0 Å². The van der Waals surface area contributed by atoms with Gasteiger partial charge in [0.25, 0.3) is 0 Å². The smallest absolute Gasteiger partial charge is 0.158 e. The van der Waals surface area contributed by atoms with Crippen molar-refractivity contribution in [1.82, 2.24) is 0 Å². The van der Waals surface area contributed by atoms with Crippen molar-refractivity contribution in [3.63, 3.8) is 0 Å². The molecule has 0 saturated carbocycles. The molecule has 0 spiro atoms. The van der Waals surface area contributed by atoms with Gasteiger partial charge < -0.3 is 16.3 Å². The van der Waals surface area contributed by atoms with Crippen molar-refractivity contribution in [2.75, 3.05) is 11.9 Å². The first kappa shape index (κ1) is 11.5. The Labute approximate surface area is 89.3 Å². The average Bonchev–Trinajstić information content (AvgIpc) is 2.15. The van der Waals surface area contributed by atoms with Crippen molar-refractivity contribution in [3.8, 4) is 0 Å². The fourth-order valence-corrected chi connectivity index (χ4v) is 1.19. The monoisotopic (exact) mass is 235 g/mol. The lowest BCUT2D eigenvalue weighted by molar-refractivity contribution is 0.317. The zero-order chi connectivity index (χ0) is 11.4. The molecule has 0 unspecified atom stereocenters. The maximum absolute atomic E-state index is 13.1. The van der Waals surface area contributed by atoms with E-state index in [4.69, 9.17) is 22.5 Å². The van der Waals surface area contributed by atoms with E-state index in [0.717, 1.165) is 6.07 Å². The molecule has 0 saturated heterocycles. The summed E-state index contributed by atoms with van der Waals surface area (Å²) in [6.07, 6.45) is 0. The Bertz CT molecular complexity index is 374. The molecule has 1 aromatic carbocycles. The minimum Gasteiger partial charge on any atom is -0.409 e. The highest BCUT2D eigenvalue weighted by molar-refractivity contribution is 6.33. The third-order valence-corrected chi connectivity index (χ3v) is 1.88. The molecule has 0 aliphatic heterocycles. The van der Waals surface area contributed by atoms with Gasteiger partial charge in [0.15, 0.2) is 11.7 Å². The van der Waals surface area contributed by atoms with Crippen LogP contribution in [0.4, 0.5) is 14.5 Å². The summed E-state index contributed by atoms with van der Waals surface area (Å²) in [5, 5.41) is 13.3. The van der Waals surface area contributed by atoms with Crippen LogP contribution < -0.4 is 11.1 Å². The van der Waals surface area contributed by atoms with E-state index in [1.807, 2.05) is 0 Å². The Kier molecular flexibility index (Phi) is 3.68. The van der Waals surface area contributed by atoms with Crippen LogP contribution in [0.5, 0.6) is 0 Å². The summed E-state index contributed by atoms with van der Waals surface area (Å²) < 4.78 is 25.8. The first-order valence-corrected chi connectivity index (χ1v) is 4.27. The first-order valence-electron chi connectivity index (χ1n) is 3.89. The molecule has 7 heteroatoms. The molecule has 0 heterocycles. The maximum Gasteiger partial charge on any atom is 0.158 e. The Morgan fingerprint density at radius 3 is 2.73 bits per heavy atom. The van der Waals surface area contributed by atoms with Gasteiger partial charge in [-0.15, -0.1) is 0 Å². The van der Waals surface area contributed by atoms with Gasteiger partial charge >= 0.3 is 0 Å². The minimum atomic E-state index is -0.842. The zero-order valence-corrected chi connectivity index (χ0v) is 8.22. The topological polar surface area (TPSA) is 70.6 Å². The van der Waals surface area contributed by atoms with E-state index in [1.165, 1.54) is 0 Å². The van der Waals surface area contributed by atoms with Crippen molar-refractivity contribution >= 4 is 23.1 Å². The first-order chi connectivity index (χ1) is 7.04. The molecule has 4 N–H and O–H groups in total. The largest absolute Gasteiger partial charge is 0.409 e. The molecule has 0 atom stereocenters. The third-order valence-electron chi connectivity index (χ3n) is 1.58. The SMILES string of the molecule is NC(CNc1c(F)cc(F)cc1Cl)=NO. The van der Waals surface area contributed by atoms with E-state index in [-0.39, 0.29) is 23.1 Å². The molecule has 1 rings (SSSR count). The highest BCUT2D eigenvalue weighted by atomic mass is 35.5. The lowest BCUT2D eigenvalue weighted by Crippen LogP contribution is -2.23. The number of nitrogens with zero attached hydrogens (tertiary/aromatic N) is 1. The molecule has 0 fully saturated rings. The summed E-state index contributed by atoms with van der Waals surface area (Å²) in [6, 6.07) is 1.64. The summed E-state index contributed by atoms with van der Waals surface area (Å²) >= 11 is 5.58. The molecule has 0 bridgehead atoms. The van der Waals surface area contributed by atoms with Gasteiger partial charge in [0.05, 0.1) is 17.3 Å². The van der Waals surface area contributed by atoms with Crippen molar-refractivity contribution in [2.24, 2.45) is 10.9 Å². The number of oxime groups is 1. The van der Waals surface area contributed by atoms with Crippen LogP contribution >= 0.6 is 11.6 Å². The van der Waals surface area contributed by atoms with Gasteiger partial charge in [-0.05, 0) is 6.07 Å². The number of benzene rings is 1. The fraction of sp³-hybridized carbons (Fsp3) is 0.125. The predicted molar refractivity (Wildman–Crippen MR) is 53.3 cm³/mol. The second-order valence-electron chi connectivity index (χ2n) is 2.69. The predicted octanol–water partition coefficient (Wildman–Crippen LogP) is 1.78. The fourth-order valence-electron chi connectivity index (χ4n) is 0.925. The number of hydrogen-bond donors (Lipinski definition) is 3. The number of amidine groups is 1. The second-order valence-corrected chi connectivity index (χ2v) is 3.10. The van der Waals surface area contributed by atoms with E-state index in [9.17, 15) is 8.78 Å². The van der Waals surface area contributed by atoms with Gasteiger partial charge in [-0.3, -0.25) is 0 Å². The third kappa shape index (κ3) is 2.95. The van der Waals surface area contributed by atoms with E-state index in [2.05, 4.69) is 10.5 Å². The number of nitrogens with one attached hydrogen (secondary N) is 1. The summed E-state index contributed by atoms with van der Waals surface area (Å²) in [6.45, 7) is -0.0984. The van der Waals surface area contributed by atoms with Gasteiger partial charge in [-0.25, -0.2) is 8.78 Å². The Morgan fingerprint density at radius 2 is 2.20 bits per heavy atom. The van der Waals surface area contributed by atoms with Crippen LogP contribution in [0, 0.1) is 11.6 Å². The van der Waals surface area contributed by atoms with E-state index < -0.39 is 11.6 Å². The van der Waals surface area contributed by atoms with Gasteiger partial charge in [-0.1, -0.05) is 16.8 Å². The molecule has 15 heavy (non-hydrogen) atoms. The van der Waals surface area contributed by atoms with Crippen molar-refractivity contribution in [3.05, 3.63) is 28.8 Å². The van der Waals surface area contributed by atoms with Crippen LogP contribution in [0.1, 0.15) is 0 Å². The number of anilines is 1. The molecular formula is C8H8ClF2N3O. The van der Waals surface area contributed by atoms with Crippen LogP contribution in [0.25, 0.3) is 0 Å². The zero-order valence-electron chi connectivity index (χ0n) is 7.47. The van der Waals surface area contributed by atoms with E-state index in [0.29, 0.717) is 6.07 Å². The van der Waals surface area contributed by atoms with Gasteiger partial charge in [0.1, 0.15) is 5.82 Å². The quantitative estimate of drug-likeness (QED) is 0.324. The van der Waals surface area contributed by atoms with E-state index in [1.54, 1.807) is 0 Å². The molecular weight excluding hydrogens is 228 g/mol. The van der Waals surface area contributed by atoms with E-state index >= 15 is 0 Å². The van der Waals surface area contributed by atoms with Crippen LogP contribution in [0.15, 0.2) is 17.3 Å².